The SMILES string of the molecule is C[C@]12CC[C@@H]3[C@@H](CCC4=CC(=O)CC[C@@]43C)[C@@H]1CC(=O)C2. The van der Waals surface area contributed by atoms with Crippen LogP contribution >= 0.6 is 0 Å². The predicted molar refractivity (Wildman–Crippen MR) is 81.7 cm³/mol. The number of hydrogen-bond donors (Lipinski definition) is 0. The molecule has 2 nitrogen and oxygen atoms in total. The smallest absolute Gasteiger partial charge is 0.155 e. The Labute approximate surface area is 127 Å². The van der Waals surface area contributed by atoms with Gasteiger partial charge in [0.2, 0.25) is 0 Å². The molecular weight excluding hydrogens is 260 g/mol. The lowest BCUT2D eigenvalue weighted by molar-refractivity contribution is -0.118. The molecule has 0 bridgehead atoms. The molecule has 0 aromatic rings. The summed E-state index contributed by atoms with van der Waals surface area (Å²) in [7, 11) is 0. The number of ketones is 2. The maximum Gasteiger partial charge on any atom is 0.155 e. The molecule has 5 atom stereocenters. The van der Waals surface area contributed by atoms with Crippen LogP contribution in [0.25, 0.3) is 0 Å². The average molecular weight is 286 g/mol. The van der Waals surface area contributed by atoms with E-state index in [0.717, 1.165) is 32.1 Å². The van der Waals surface area contributed by atoms with Gasteiger partial charge in [0.25, 0.3) is 0 Å². The summed E-state index contributed by atoms with van der Waals surface area (Å²) in [5, 5.41) is 0. The van der Waals surface area contributed by atoms with Crippen molar-refractivity contribution in [2.75, 3.05) is 0 Å². The van der Waals surface area contributed by atoms with E-state index in [1.165, 1.54) is 24.8 Å². The fraction of sp³-hybridized carbons (Fsp3) is 0.789. The number of hydrogen-bond acceptors (Lipinski definition) is 2. The van der Waals surface area contributed by atoms with Crippen LogP contribution < -0.4 is 0 Å². The normalized spacial score (nSPS) is 49.2. The molecule has 0 amide bonds. The fourth-order valence-electron chi connectivity index (χ4n) is 6.34. The molecule has 0 N–H and O–H groups in total. The number of carbonyl (C=O) groups is 2. The second kappa shape index (κ2) is 4.30. The maximum atomic E-state index is 12.0. The first-order valence-corrected chi connectivity index (χ1v) is 8.68. The molecule has 0 spiro atoms. The second-order valence-electron chi connectivity index (χ2n) is 8.58. The van der Waals surface area contributed by atoms with Gasteiger partial charge in [0.1, 0.15) is 5.78 Å². The molecule has 0 aliphatic heterocycles. The fourth-order valence-corrected chi connectivity index (χ4v) is 6.34. The van der Waals surface area contributed by atoms with E-state index in [-0.39, 0.29) is 10.8 Å². The van der Waals surface area contributed by atoms with Crippen molar-refractivity contribution in [1.29, 1.82) is 0 Å². The lowest BCUT2D eigenvalue weighted by atomic mass is 9.47. The molecule has 21 heavy (non-hydrogen) atoms. The van der Waals surface area contributed by atoms with Crippen LogP contribution in [0.4, 0.5) is 0 Å². The lowest BCUT2D eigenvalue weighted by Crippen LogP contribution is -2.49. The largest absolute Gasteiger partial charge is 0.300 e. The van der Waals surface area contributed by atoms with Gasteiger partial charge in [0.05, 0.1) is 0 Å². The standard InChI is InChI=1S/C19H26O2/c1-18-7-6-16-15(17(18)10-14(21)11-18)4-3-12-9-13(20)5-8-19(12,16)2/h9,15-17H,3-8,10-11H2,1-2H3/t15-,16-,17+,18-,19+/m1/s1. The molecule has 3 saturated carbocycles. The summed E-state index contributed by atoms with van der Waals surface area (Å²) in [6, 6.07) is 0. The highest BCUT2D eigenvalue weighted by atomic mass is 16.1. The lowest BCUT2D eigenvalue weighted by Gasteiger charge is -2.57. The molecule has 0 aromatic heterocycles. The Balaban J connectivity index is 1.70. The first-order chi connectivity index (χ1) is 9.92. The number of Topliss-reactive ketones (excluding diaryl/α,β-unsaturated/α-hetero) is 1. The van der Waals surface area contributed by atoms with Gasteiger partial charge >= 0.3 is 0 Å². The third-order valence-electron chi connectivity index (χ3n) is 7.53. The van der Waals surface area contributed by atoms with Gasteiger partial charge in [0.15, 0.2) is 5.78 Å². The van der Waals surface area contributed by atoms with Crippen LogP contribution in [-0.4, -0.2) is 11.6 Å². The third kappa shape index (κ3) is 1.83. The summed E-state index contributed by atoms with van der Waals surface area (Å²) in [6.45, 7) is 4.76. The molecular formula is C19H26O2. The Hall–Kier alpha value is -0.920. The third-order valence-corrected chi connectivity index (χ3v) is 7.53. The highest BCUT2D eigenvalue weighted by molar-refractivity contribution is 5.91. The molecule has 2 heteroatoms. The predicted octanol–water partition coefficient (Wildman–Crippen LogP) is 4.09. The quantitative estimate of drug-likeness (QED) is 0.672. The van der Waals surface area contributed by atoms with Gasteiger partial charge in [-0.15, -0.1) is 0 Å². The van der Waals surface area contributed by atoms with Crippen molar-refractivity contribution in [3.05, 3.63) is 11.6 Å². The average Bonchev–Trinajstić information content (AvgIpc) is 2.74. The van der Waals surface area contributed by atoms with Crippen LogP contribution in [0.5, 0.6) is 0 Å². The van der Waals surface area contributed by atoms with Crippen molar-refractivity contribution in [2.24, 2.45) is 28.6 Å². The Morgan fingerprint density at radius 3 is 2.67 bits per heavy atom. The van der Waals surface area contributed by atoms with E-state index in [1.807, 2.05) is 6.08 Å². The van der Waals surface area contributed by atoms with Crippen molar-refractivity contribution in [3.63, 3.8) is 0 Å². The van der Waals surface area contributed by atoms with E-state index in [2.05, 4.69) is 13.8 Å². The minimum absolute atomic E-state index is 0.240. The number of allylic oxidation sites excluding steroid dienone is 1. The number of carbonyl (C=O) groups excluding carboxylic acids is 2. The van der Waals surface area contributed by atoms with Gasteiger partial charge in [-0.25, -0.2) is 0 Å². The van der Waals surface area contributed by atoms with Crippen LogP contribution in [-0.2, 0) is 9.59 Å². The summed E-state index contributed by atoms with van der Waals surface area (Å²) in [4.78, 5) is 23.8. The highest BCUT2D eigenvalue weighted by Gasteiger charge is 2.57. The molecule has 4 rings (SSSR count). The molecule has 0 radical (unpaired) electrons. The summed E-state index contributed by atoms with van der Waals surface area (Å²) >= 11 is 0. The van der Waals surface area contributed by atoms with Crippen molar-refractivity contribution in [2.45, 2.75) is 65.2 Å². The second-order valence-corrected chi connectivity index (χ2v) is 8.58. The van der Waals surface area contributed by atoms with Gasteiger partial charge in [-0.3, -0.25) is 9.59 Å². The van der Waals surface area contributed by atoms with E-state index in [1.54, 1.807) is 0 Å². The van der Waals surface area contributed by atoms with Crippen molar-refractivity contribution in [3.8, 4) is 0 Å². The minimum atomic E-state index is 0.240. The Kier molecular flexibility index (Phi) is 2.81. The van der Waals surface area contributed by atoms with Crippen LogP contribution in [0, 0.1) is 28.6 Å². The van der Waals surface area contributed by atoms with Gasteiger partial charge in [0, 0.05) is 19.3 Å². The molecule has 4 aliphatic rings. The van der Waals surface area contributed by atoms with Gasteiger partial charge in [-0.05, 0) is 66.8 Å². The number of fused-ring (bicyclic) bond motifs is 5. The maximum absolute atomic E-state index is 12.0. The highest BCUT2D eigenvalue weighted by Crippen LogP contribution is 2.64. The van der Waals surface area contributed by atoms with E-state index in [4.69, 9.17) is 0 Å². The monoisotopic (exact) mass is 286 g/mol. The first-order valence-electron chi connectivity index (χ1n) is 8.68. The zero-order chi connectivity index (χ0) is 14.8. The molecule has 4 aliphatic carbocycles. The molecule has 3 fully saturated rings. The molecule has 0 saturated heterocycles. The molecule has 0 unspecified atom stereocenters. The summed E-state index contributed by atoms with van der Waals surface area (Å²) in [6.07, 6.45) is 10.1. The minimum Gasteiger partial charge on any atom is -0.300 e. The summed E-state index contributed by atoms with van der Waals surface area (Å²) in [5.41, 5.74) is 1.94. The Morgan fingerprint density at radius 1 is 1.05 bits per heavy atom. The van der Waals surface area contributed by atoms with Gasteiger partial charge in [-0.1, -0.05) is 19.4 Å². The van der Waals surface area contributed by atoms with Gasteiger partial charge in [-0.2, -0.15) is 0 Å². The zero-order valence-electron chi connectivity index (χ0n) is 13.3. The van der Waals surface area contributed by atoms with Crippen molar-refractivity contribution in [1.82, 2.24) is 0 Å². The van der Waals surface area contributed by atoms with E-state index >= 15 is 0 Å². The van der Waals surface area contributed by atoms with E-state index in [9.17, 15) is 9.59 Å². The van der Waals surface area contributed by atoms with E-state index in [0.29, 0.717) is 29.3 Å². The Morgan fingerprint density at radius 2 is 1.86 bits per heavy atom. The van der Waals surface area contributed by atoms with Crippen molar-refractivity contribution < 1.29 is 9.59 Å². The van der Waals surface area contributed by atoms with Crippen molar-refractivity contribution >= 4 is 11.6 Å². The van der Waals surface area contributed by atoms with Crippen LogP contribution in [0.1, 0.15) is 65.2 Å². The van der Waals surface area contributed by atoms with Crippen LogP contribution in [0.15, 0.2) is 11.6 Å². The summed E-state index contributed by atoms with van der Waals surface area (Å²) in [5.74, 6) is 2.85. The Bertz CT molecular complexity index is 546. The van der Waals surface area contributed by atoms with Gasteiger partial charge < -0.3 is 0 Å². The molecule has 114 valence electrons. The summed E-state index contributed by atoms with van der Waals surface area (Å²) < 4.78 is 0. The van der Waals surface area contributed by atoms with E-state index < -0.39 is 0 Å². The van der Waals surface area contributed by atoms with Crippen LogP contribution in [0.2, 0.25) is 0 Å². The zero-order valence-corrected chi connectivity index (χ0v) is 13.3. The topological polar surface area (TPSA) is 34.1 Å². The first kappa shape index (κ1) is 13.7. The molecule has 0 heterocycles. The van der Waals surface area contributed by atoms with Crippen LogP contribution in [0.3, 0.4) is 0 Å². The molecule has 0 aromatic carbocycles. The number of rotatable bonds is 0.